The van der Waals surface area contributed by atoms with E-state index in [4.69, 9.17) is 4.74 Å². The standard InChI is InChI=1S/C15H17FN2O3S/c1-15-6-5-13(19)18(15)11(8-22-15)14(20)17-10-4-3-9(16)7-12(10)21-2/h3-4,7,11H,5-6,8H2,1-2H3,(H,17,20). The van der Waals surface area contributed by atoms with Crippen molar-refractivity contribution in [3.05, 3.63) is 24.0 Å². The first kappa shape index (κ1) is 15.1. The Morgan fingerprint density at radius 1 is 1.55 bits per heavy atom. The quantitative estimate of drug-likeness (QED) is 0.926. The number of nitrogens with zero attached hydrogens (tertiary/aromatic N) is 1. The first-order valence-electron chi connectivity index (χ1n) is 7.05. The van der Waals surface area contributed by atoms with E-state index in [1.54, 1.807) is 16.7 Å². The molecule has 2 amide bonds. The molecule has 0 aromatic heterocycles. The number of fused-ring (bicyclic) bond motifs is 1. The number of halogens is 1. The van der Waals surface area contributed by atoms with Crippen LogP contribution in [-0.4, -0.2) is 40.5 Å². The fourth-order valence-corrected chi connectivity index (χ4v) is 4.43. The third-order valence-electron chi connectivity index (χ3n) is 4.17. The van der Waals surface area contributed by atoms with Gasteiger partial charge >= 0.3 is 0 Å². The molecule has 2 unspecified atom stereocenters. The van der Waals surface area contributed by atoms with Crippen molar-refractivity contribution < 1.29 is 18.7 Å². The van der Waals surface area contributed by atoms with E-state index in [2.05, 4.69) is 5.32 Å². The van der Waals surface area contributed by atoms with E-state index in [9.17, 15) is 14.0 Å². The SMILES string of the molecule is COc1cc(F)ccc1NC(=O)C1CSC2(C)CCC(=O)N12. The van der Waals surface area contributed by atoms with E-state index >= 15 is 0 Å². The molecule has 2 heterocycles. The summed E-state index contributed by atoms with van der Waals surface area (Å²) in [5.74, 6) is 0.135. The minimum atomic E-state index is -0.500. The second-order valence-electron chi connectivity index (χ2n) is 5.60. The molecule has 1 aromatic rings. The first-order chi connectivity index (χ1) is 10.4. The van der Waals surface area contributed by atoms with Gasteiger partial charge < -0.3 is 15.0 Å². The van der Waals surface area contributed by atoms with Gasteiger partial charge in [-0.25, -0.2) is 4.39 Å². The van der Waals surface area contributed by atoms with Crippen LogP contribution in [0.4, 0.5) is 10.1 Å². The number of rotatable bonds is 3. The van der Waals surface area contributed by atoms with E-state index < -0.39 is 11.9 Å². The molecule has 0 saturated carbocycles. The second kappa shape index (κ2) is 5.46. The highest BCUT2D eigenvalue weighted by Gasteiger charge is 2.52. The number of nitrogens with one attached hydrogen (secondary N) is 1. The van der Waals surface area contributed by atoms with Crippen LogP contribution in [0.1, 0.15) is 19.8 Å². The second-order valence-corrected chi connectivity index (χ2v) is 7.10. The monoisotopic (exact) mass is 324 g/mol. The highest BCUT2D eigenvalue weighted by atomic mass is 32.2. The molecule has 5 nitrogen and oxygen atoms in total. The fraction of sp³-hybridized carbons (Fsp3) is 0.467. The molecule has 2 aliphatic heterocycles. The van der Waals surface area contributed by atoms with Crippen LogP contribution in [0.3, 0.4) is 0 Å². The minimum absolute atomic E-state index is 0.0127. The van der Waals surface area contributed by atoms with Crippen molar-refractivity contribution >= 4 is 29.3 Å². The summed E-state index contributed by atoms with van der Waals surface area (Å²) < 4.78 is 18.3. The van der Waals surface area contributed by atoms with Gasteiger partial charge in [0.05, 0.1) is 17.7 Å². The molecule has 2 saturated heterocycles. The van der Waals surface area contributed by atoms with Gasteiger partial charge in [0, 0.05) is 18.2 Å². The molecule has 3 rings (SSSR count). The Kier molecular flexibility index (Phi) is 3.76. The van der Waals surface area contributed by atoms with E-state index in [-0.39, 0.29) is 22.4 Å². The Balaban J connectivity index is 1.80. The number of hydrogen-bond donors (Lipinski definition) is 1. The number of amides is 2. The predicted molar refractivity (Wildman–Crippen MR) is 82.3 cm³/mol. The van der Waals surface area contributed by atoms with Gasteiger partial charge in [-0.1, -0.05) is 0 Å². The Hall–Kier alpha value is -1.76. The zero-order valence-electron chi connectivity index (χ0n) is 12.4. The van der Waals surface area contributed by atoms with Crippen molar-refractivity contribution in [1.29, 1.82) is 0 Å². The molecular weight excluding hydrogens is 307 g/mol. The molecule has 1 N–H and O–H groups in total. The Morgan fingerprint density at radius 2 is 2.32 bits per heavy atom. The molecule has 1 aromatic carbocycles. The molecule has 0 radical (unpaired) electrons. The van der Waals surface area contributed by atoms with E-state index in [0.717, 1.165) is 6.42 Å². The largest absolute Gasteiger partial charge is 0.494 e. The Labute approximate surface area is 132 Å². The molecule has 0 bridgehead atoms. The first-order valence-corrected chi connectivity index (χ1v) is 8.04. The number of hydrogen-bond acceptors (Lipinski definition) is 4. The third-order valence-corrected chi connectivity index (χ3v) is 5.67. The van der Waals surface area contributed by atoms with Crippen LogP contribution in [0.2, 0.25) is 0 Å². The van der Waals surface area contributed by atoms with Crippen molar-refractivity contribution in [1.82, 2.24) is 4.90 Å². The average Bonchev–Trinajstić information content (AvgIpc) is 2.98. The lowest BCUT2D eigenvalue weighted by atomic mass is 10.2. The van der Waals surface area contributed by atoms with Gasteiger partial charge in [0.1, 0.15) is 17.6 Å². The van der Waals surface area contributed by atoms with Crippen molar-refractivity contribution in [2.45, 2.75) is 30.7 Å². The lowest BCUT2D eigenvalue weighted by Gasteiger charge is -2.29. The number of carbonyl (C=O) groups is 2. The molecule has 118 valence electrons. The van der Waals surface area contributed by atoms with E-state index in [0.29, 0.717) is 17.9 Å². The number of benzene rings is 1. The molecule has 2 aliphatic rings. The summed E-state index contributed by atoms with van der Waals surface area (Å²) in [7, 11) is 1.41. The normalized spacial score (nSPS) is 27.0. The van der Waals surface area contributed by atoms with Crippen LogP contribution >= 0.6 is 11.8 Å². The van der Waals surface area contributed by atoms with Crippen LogP contribution in [-0.2, 0) is 9.59 Å². The summed E-state index contributed by atoms with van der Waals surface area (Å²) in [6.45, 7) is 1.99. The summed E-state index contributed by atoms with van der Waals surface area (Å²) in [5.41, 5.74) is 0.402. The van der Waals surface area contributed by atoms with Gasteiger partial charge in [-0.05, 0) is 25.5 Å². The average molecular weight is 324 g/mol. The molecule has 2 atom stereocenters. The van der Waals surface area contributed by atoms with Crippen molar-refractivity contribution in [3.8, 4) is 5.75 Å². The fourth-order valence-electron chi connectivity index (χ4n) is 3.00. The summed E-state index contributed by atoms with van der Waals surface area (Å²) in [5, 5.41) is 2.74. The number of anilines is 1. The minimum Gasteiger partial charge on any atom is -0.494 e. The van der Waals surface area contributed by atoms with Gasteiger partial charge in [-0.15, -0.1) is 11.8 Å². The predicted octanol–water partition coefficient (Wildman–Crippen LogP) is 2.23. The van der Waals surface area contributed by atoms with Crippen LogP contribution in [0.15, 0.2) is 18.2 Å². The molecule has 0 spiro atoms. The topological polar surface area (TPSA) is 58.6 Å². The summed E-state index contributed by atoms with van der Waals surface area (Å²) in [6, 6.07) is 3.43. The van der Waals surface area contributed by atoms with E-state index in [1.807, 2.05) is 6.92 Å². The summed E-state index contributed by atoms with van der Waals surface area (Å²) in [6.07, 6.45) is 1.24. The summed E-state index contributed by atoms with van der Waals surface area (Å²) in [4.78, 5) is 26.0. The smallest absolute Gasteiger partial charge is 0.248 e. The summed E-state index contributed by atoms with van der Waals surface area (Å²) >= 11 is 1.63. The van der Waals surface area contributed by atoms with Gasteiger partial charge in [0.25, 0.3) is 0 Å². The van der Waals surface area contributed by atoms with Crippen LogP contribution in [0, 0.1) is 5.82 Å². The van der Waals surface area contributed by atoms with Gasteiger partial charge in [-0.2, -0.15) is 0 Å². The highest BCUT2D eigenvalue weighted by Crippen LogP contribution is 2.47. The van der Waals surface area contributed by atoms with Crippen molar-refractivity contribution in [2.75, 3.05) is 18.2 Å². The lowest BCUT2D eigenvalue weighted by molar-refractivity contribution is -0.135. The maximum atomic E-state index is 13.2. The molecule has 22 heavy (non-hydrogen) atoms. The van der Waals surface area contributed by atoms with Gasteiger partial charge in [0.2, 0.25) is 11.8 Å². The van der Waals surface area contributed by atoms with Crippen molar-refractivity contribution in [3.63, 3.8) is 0 Å². The van der Waals surface area contributed by atoms with E-state index in [1.165, 1.54) is 25.3 Å². The van der Waals surface area contributed by atoms with Crippen LogP contribution in [0.5, 0.6) is 5.75 Å². The Bertz CT molecular complexity index is 639. The Morgan fingerprint density at radius 3 is 3.05 bits per heavy atom. The zero-order valence-corrected chi connectivity index (χ0v) is 13.2. The zero-order chi connectivity index (χ0) is 15.9. The van der Waals surface area contributed by atoms with Gasteiger partial charge in [0.15, 0.2) is 0 Å². The van der Waals surface area contributed by atoms with Gasteiger partial charge in [-0.3, -0.25) is 9.59 Å². The van der Waals surface area contributed by atoms with Crippen LogP contribution in [0.25, 0.3) is 0 Å². The highest BCUT2D eigenvalue weighted by molar-refractivity contribution is 8.01. The number of methoxy groups -OCH3 is 1. The maximum absolute atomic E-state index is 13.2. The molecular formula is C15H17FN2O3S. The molecule has 0 aliphatic carbocycles. The lowest BCUT2D eigenvalue weighted by Crippen LogP contribution is -2.48. The number of carbonyl (C=O) groups excluding carboxylic acids is 2. The molecule has 7 heteroatoms. The third kappa shape index (κ3) is 2.43. The van der Waals surface area contributed by atoms with Crippen molar-refractivity contribution in [2.24, 2.45) is 0 Å². The number of thioether (sulfide) groups is 1. The number of ether oxygens (including phenoxy) is 1. The maximum Gasteiger partial charge on any atom is 0.248 e. The molecule has 2 fully saturated rings. The van der Waals surface area contributed by atoms with Crippen LogP contribution < -0.4 is 10.1 Å².